The lowest BCUT2D eigenvalue weighted by Crippen LogP contribution is -2.57. The summed E-state index contributed by atoms with van der Waals surface area (Å²) in [6.45, 7) is -0.129. The van der Waals surface area contributed by atoms with Gasteiger partial charge in [0.1, 0.15) is 18.2 Å². The lowest BCUT2D eigenvalue weighted by molar-refractivity contribution is -0.0534. The Morgan fingerprint density at radius 2 is 1.86 bits per heavy atom. The van der Waals surface area contributed by atoms with Gasteiger partial charge in [0.05, 0.1) is 18.4 Å². The fourth-order valence-electron chi connectivity index (χ4n) is 2.43. The first-order valence-electron chi connectivity index (χ1n) is 8.52. The zero-order valence-corrected chi connectivity index (χ0v) is 10.4. The van der Waals surface area contributed by atoms with Gasteiger partial charge in [0.15, 0.2) is 11.5 Å². The van der Waals surface area contributed by atoms with Crippen molar-refractivity contribution in [1.82, 2.24) is 5.32 Å². The molecule has 0 aromatic heterocycles. The van der Waals surface area contributed by atoms with Crippen LogP contribution in [0.25, 0.3) is 5.57 Å². The van der Waals surface area contributed by atoms with Crippen molar-refractivity contribution >= 4 is 11.5 Å². The first kappa shape index (κ1) is 8.38. The smallest absolute Gasteiger partial charge is 0.252 e. The molecule has 1 aliphatic carbocycles. The van der Waals surface area contributed by atoms with Crippen molar-refractivity contribution in [3.63, 3.8) is 0 Å². The molecule has 21 heavy (non-hydrogen) atoms. The molecule has 1 aromatic carbocycles. The van der Waals surface area contributed by atoms with Gasteiger partial charge in [-0.05, 0) is 29.3 Å². The van der Waals surface area contributed by atoms with Crippen LogP contribution in [-0.2, 0) is 0 Å². The maximum absolute atomic E-state index is 12.5. The number of fused-ring (bicyclic) bond motifs is 4. The Hall–Kier alpha value is -2.09. The molecule has 1 amide bonds. The van der Waals surface area contributed by atoms with Gasteiger partial charge in [-0.2, -0.15) is 0 Å². The fourth-order valence-corrected chi connectivity index (χ4v) is 2.43. The molecule has 0 saturated carbocycles. The third kappa shape index (κ3) is 1.68. The van der Waals surface area contributed by atoms with E-state index in [9.17, 15) is 20.1 Å². The summed E-state index contributed by atoms with van der Waals surface area (Å²) in [4.78, 5) is 12.5. The highest BCUT2D eigenvalue weighted by Crippen LogP contribution is 2.41. The van der Waals surface area contributed by atoms with E-state index in [1.807, 2.05) is 5.32 Å². The molecule has 7 heteroatoms. The van der Waals surface area contributed by atoms with E-state index in [1.165, 1.54) is 12.1 Å². The second kappa shape index (κ2) is 4.20. The summed E-state index contributed by atoms with van der Waals surface area (Å²) in [6.07, 6.45) is -10.7. The lowest BCUT2D eigenvalue weighted by Gasteiger charge is -2.39. The van der Waals surface area contributed by atoms with Crippen LogP contribution in [0.1, 0.15) is 22.8 Å². The number of benzene rings is 1. The predicted octanol–water partition coefficient (Wildman–Crippen LogP) is -0.993. The molecule has 0 saturated heterocycles. The van der Waals surface area contributed by atoms with Gasteiger partial charge in [-0.1, -0.05) is 0 Å². The maximum atomic E-state index is 12.5. The molecule has 0 unspecified atom stereocenters. The van der Waals surface area contributed by atoms with Crippen LogP contribution in [0, 0.1) is 0 Å². The van der Waals surface area contributed by atoms with Crippen LogP contribution in [0.2, 0.25) is 0 Å². The summed E-state index contributed by atoms with van der Waals surface area (Å²) >= 11 is 0. The molecule has 110 valence electrons. The maximum Gasteiger partial charge on any atom is 0.252 e. The summed E-state index contributed by atoms with van der Waals surface area (Å²) in [5, 5.41) is 32.7. The molecule has 0 spiro atoms. The third-order valence-corrected chi connectivity index (χ3v) is 3.44. The van der Waals surface area contributed by atoms with Crippen LogP contribution in [0.15, 0.2) is 18.2 Å². The zero-order valence-electron chi connectivity index (χ0n) is 15.4. The molecule has 3 aliphatic rings. The number of amides is 1. The van der Waals surface area contributed by atoms with Crippen LogP contribution in [0.3, 0.4) is 0 Å². The van der Waals surface area contributed by atoms with E-state index in [-0.39, 0.29) is 29.4 Å². The Kier molecular flexibility index (Phi) is 1.68. The summed E-state index contributed by atoms with van der Waals surface area (Å²) in [5.74, 6) is -0.546. The molecule has 1 aromatic rings. The molecular formula is C14H13NO6. The molecule has 2 heterocycles. The van der Waals surface area contributed by atoms with Gasteiger partial charge in [-0.25, -0.2) is 0 Å². The highest BCUT2D eigenvalue weighted by atomic mass is 16.7. The van der Waals surface area contributed by atoms with Crippen LogP contribution >= 0.6 is 0 Å². The first-order chi connectivity index (χ1) is 11.9. The van der Waals surface area contributed by atoms with Gasteiger partial charge in [0.25, 0.3) is 5.91 Å². The molecule has 0 fully saturated rings. The molecule has 0 radical (unpaired) electrons. The van der Waals surface area contributed by atoms with Crippen molar-refractivity contribution in [2.75, 3.05) is 6.79 Å². The molecule has 7 nitrogen and oxygen atoms in total. The number of ether oxygens (including phenoxy) is 2. The van der Waals surface area contributed by atoms with Gasteiger partial charge in [0.2, 0.25) is 6.79 Å². The minimum Gasteiger partial charge on any atom is -0.454 e. The number of carbonyl (C=O) groups is 1. The first-order valence-corrected chi connectivity index (χ1v) is 6.02. The van der Waals surface area contributed by atoms with Gasteiger partial charge in [-0.3, -0.25) is 4.79 Å². The van der Waals surface area contributed by atoms with E-state index in [0.717, 1.165) is 0 Å². The Bertz CT molecular complexity index is 898. The monoisotopic (exact) mass is 296 g/mol. The summed E-state index contributed by atoms with van der Waals surface area (Å²) in [5.41, 5.74) is -0.846. The van der Waals surface area contributed by atoms with Gasteiger partial charge in [0, 0.05) is 0 Å². The van der Waals surface area contributed by atoms with Gasteiger partial charge >= 0.3 is 0 Å². The lowest BCUT2D eigenvalue weighted by atomic mass is 9.79. The number of hydrogen-bond acceptors (Lipinski definition) is 6. The molecule has 0 bridgehead atoms. The Morgan fingerprint density at radius 3 is 2.57 bits per heavy atom. The zero-order chi connectivity index (χ0) is 19.3. The standard InChI is InChI=1S/C14H13NO6/c16-8-1-6-5-2-9-10(21-4-20-9)3-7(5)14(19)15-11(6)13(18)12(8)17/h1-3,8,11-13,16-18H,4H2,(H,15,19)/t8-,11+,12+,13-/m0/s1/i1D,8D,11D,12D,13D. The van der Waals surface area contributed by atoms with Crippen LogP contribution in [0.4, 0.5) is 0 Å². The molecule has 4 atom stereocenters. The third-order valence-electron chi connectivity index (χ3n) is 3.44. The molecule has 4 N–H and O–H groups in total. The Morgan fingerprint density at radius 1 is 1.19 bits per heavy atom. The minimum absolute atomic E-state index is 0.0982. The topological polar surface area (TPSA) is 108 Å². The average Bonchev–Trinajstić information content (AvgIpc) is 2.99. The second-order valence-electron chi connectivity index (χ2n) is 4.63. The van der Waals surface area contributed by atoms with E-state index >= 15 is 0 Å². The van der Waals surface area contributed by atoms with E-state index in [4.69, 9.17) is 16.3 Å². The van der Waals surface area contributed by atoms with Gasteiger partial charge < -0.3 is 30.1 Å². The largest absolute Gasteiger partial charge is 0.454 e. The second-order valence-corrected chi connectivity index (χ2v) is 4.63. The number of rotatable bonds is 0. The molecule has 2 aliphatic heterocycles. The Balaban J connectivity index is 2.11. The highest BCUT2D eigenvalue weighted by Gasteiger charge is 2.43. The van der Waals surface area contributed by atoms with Crippen LogP contribution in [-0.4, -0.2) is 52.3 Å². The van der Waals surface area contributed by atoms with Gasteiger partial charge in [-0.15, -0.1) is 0 Å². The minimum atomic E-state index is -3.70. The van der Waals surface area contributed by atoms with Crippen molar-refractivity contribution in [2.24, 2.45) is 0 Å². The Labute approximate surface area is 126 Å². The summed E-state index contributed by atoms with van der Waals surface area (Å²) in [6, 6.07) is -1.52. The van der Waals surface area contributed by atoms with E-state index in [0.29, 0.717) is 0 Å². The SMILES string of the molecule is [2H]C1=C2c3cc4c(cc3C(=O)N[C@@]2([2H])[C@]([2H])(O)[C@]([2H])(O)[C@@]1([2H])O)OCO4. The predicted molar refractivity (Wildman–Crippen MR) is 69.8 cm³/mol. The van der Waals surface area contributed by atoms with Crippen molar-refractivity contribution in [3.05, 3.63) is 29.3 Å². The number of carbonyl (C=O) groups excluding carboxylic acids is 1. The number of hydrogen-bond donors (Lipinski definition) is 4. The van der Waals surface area contributed by atoms with Crippen LogP contribution in [0.5, 0.6) is 11.5 Å². The van der Waals surface area contributed by atoms with Crippen molar-refractivity contribution in [3.8, 4) is 11.5 Å². The van der Waals surface area contributed by atoms with E-state index in [2.05, 4.69) is 0 Å². The van der Waals surface area contributed by atoms with Crippen LogP contribution < -0.4 is 14.8 Å². The van der Waals surface area contributed by atoms with Crippen molar-refractivity contribution in [1.29, 1.82) is 0 Å². The van der Waals surface area contributed by atoms with Crippen molar-refractivity contribution < 1.29 is 36.4 Å². The average molecular weight is 296 g/mol. The molecule has 4 rings (SSSR count). The van der Waals surface area contributed by atoms with E-state index < -0.39 is 41.8 Å². The van der Waals surface area contributed by atoms with E-state index in [1.54, 1.807) is 0 Å². The normalized spacial score (nSPS) is 50.8. The highest BCUT2D eigenvalue weighted by molar-refractivity contribution is 6.05. The quantitative estimate of drug-likeness (QED) is 0.489. The summed E-state index contributed by atoms with van der Waals surface area (Å²) < 4.78 is 50.3. The fraction of sp³-hybridized carbons (Fsp3) is 0.357. The summed E-state index contributed by atoms with van der Waals surface area (Å²) in [7, 11) is 0. The number of nitrogens with one attached hydrogen (secondary N) is 1. The molecular weight excluding hydrogens is 278 g/mol. The van der Waals surface area contributed by atoms with Crippen molar-refractivity contribution in [2.45, 2.75) is 24.3 Å². The number of aliphatic hydroxyl groups is 3.